The predicted molar refractivity (Wildman–Crippen MR) is 106 cm³/mol. The maximum Gasteiger partial charge on any atom is 0.170 e. The standard InChI is InChI=1S/C18H30N2S2/c1-6-7-8-15-9-10-16(14(2)13-15)20-17(21)19-11-12-22-18(3,4)5/h9-10,13H,6-8,11-12H2,1-5H3,(H2,19,20,21). The monoisotopic (exact) mass is 338 g/mol. The second kappa shape index (κ2) is 9.41. The molecule has 0 atom stereocenters. The van der Waals surface area contributed by atoms with Crippen molar-refractivity contribution in [3.8, 4) is 0 Å². The fraction of sp³-hybridized carbons (Fsp3) is 0.611. The number of unbranched alkanes of at least 4 members (excludes halogenated alkanes) is 1. The van der Waals surface area contributed by atoms with E-state index in [-0.39, 0.29) is 0 Å². The normalized spacial score (nSPS) is 11.3. The van der Waals surface area contributed by atoms with Gasteiger partial charge in [0.2, 0.25) is 0 Å². The molecule has 2 N–H and O–H groups in total. The van der Waals surface area contributed by atoms with Crippen molar-refractivity contribution in [3.05, 3.63) is 29.3 Å². The Morgan fingerprint density at radius 3 is 2.59 bits per heavy atom. The molecular formula is C18H30N2S2. The van der Waals surface area contributed by atoms with Crippen molar-refractivity contribution in [1.29, 1.82) is 0 Å². The maximum atomic E-state index is 5.37. The van der Waals surface area contributed by atoms with Gasteiger partial charge in [-0.05, 0) is 49.2 Å². The highest BCUT2D eigenvalue weighted by Crippen LogP contribution is 2.22. The van der Waals surface area contributed by atoms with E-state index in [1.807, 2.05) is 11.8 Å². The minimum absolute atomic E-state index is 0.307. The van der Waals surface area contributed by atoms with E-state index in [1.165, 1.54) is 24.0 Å². The third kappa shape index (κ3) is 8.04. The van der Waals surface area contributed by atoms with E-state index in [2.05, 4.69) is 63.5 Å². The van der Waals surface area contributed by atoms with Crippen LogP contribution in [0.5, 0.6) is 0 Å². The minimum atomic E-state index is 0.307. The Kier molecular flexibility index (Phi) is 8.26. The van der Waals surface area contributed by atoms with Crippen molar-refractivity contribution in [2.24, 2.45) is 0 Å². The van der Waals surface area contributed by atoms with Crippen LogP contribution in [0.3, 0.4) is 0 Å². The number of thiocarbonyl (C=S) groups is 1. The number of hydrogen-bond acceptors (Lipinski definition) is 2. The second-order valence-electron chi connectivity index (χ2n) is 6.59. The summed E-state index contributed by atoms with van der Waals surface area (Å²) in [6, 6.07) is 6.59. The molecule has 0 amide bonds. The molecule has 0 saturated heterocycles. The van der Waals surface area contributed by atoms with E-state index in [1.54, 1.807) is 0 Å². The Morgan fingerprint density at radius 1 is 1.27 bits per heavy atom. The molecular weight excluding hydrogens is 308 g/mol. The van der Waals surface area contributed by atoms with Crippen molar-refractivity contribution in [2.75, 3.05) is 17.6 Å². The first kappa shape index (κ1) is 19.3. The molecule has 0 bridgehead atoms. The summed E-state index contributed by atoms with van der Waals surface area (Å²) in [7, 11) is 0. The Labute approximate surface area is 145 Å². The van der Waals surface area contributed by atoms with E-state index < -0.39 is 0 Å². The van der Waals surface area contributed by atoms with Crippen LogP contribution < -0.4 is 10.6 Å². The van der Waals surface area contributed by atoms with E-state index in [9.17, 15) is 0 Å². The zero-order valence-electron chi connectivity index (χ0n) is 14.6. The highest BCUT2D eigenvalue weighted by molar-refractivity contribution is 8.00. The van der Waals surface area contributed by atoms with Gasteiger partial charge in [-0.15, -0.1) is 0 Å². The molecule has 1 aromatic carbocycles. The van der Waals surface area contributed by atoms with Crippen LogP contribution in [0.15, 0.2) is 18.2 Å². The van der Waals surface area contributed by atoms with Crippen LogP contribution in [0.2, 0.25) is 0 Å². The molecule has 0 spiro atoms. The molecule has 1 rings (SSSR count). The lowest BCUT2D eigenvalue weighted by atomic mass is 10.0. The van der Waals surface area contributed by atoms with Crippen LogP contribution >= 0.6 is 24.0 Å². The lowest BCUT2D eigenvalue weighted by Crippen LogP contribution is -2.31. The molecule has 0 aliphatic carbocycles. The average molecular weight is 339 g/mol. The molecule has 0 aromatic heterocycles. The molecule has 0 saturated carbocycles. The van der Waals surface area contributed by atoms with Crippen LogP contribution in [0, 0.1) is 6.92 Å². The minimum Gasteiger partial charge on any atom is -0.362 e. The fourth-order valence-corrected chi connectivity index (χ4v) is 3.12. The highest BCUT2D eigenvalue weighted by atomic mass is 32.2. The molecule has 0 aliphatic rings. The fourth-order valence-electron chi connectivity index (χ4n) is 2.09. The number of thioether (sulfide) groups is 1. The van der Waals surface area contributed by atoms with Gasteiger partial charge in [0.15, 0.2) is 5.11 Å². The quantitative estimate of drug-likeness (QED) is 0.530. The Bertz CT molecular complexity index is 478. The van der Waals surface area contributed by atoms with Crippen molar-refractivity contribution >= 4 is 34.8 Å². The van der Waals surface area contributed by atoms with Crippen molar-refractivity contribution in [3.63, 3.8) is 0 Å². The van der Waals surface area contributed by atoms with Gasteiger partial charge >= 0.3 is 0 Å². The van der Waals surface area contributed by atoms with Gasteiger partial charge in [0.25, 0.3) is 0 Å². The summed E-state index contributed by atoms with van der Waals surface area (Å²) in [5.74, 6) is 1.06. The van der Waals surface area contributed by atoms with Crippen LogP contribution in [0.4, 0.5) is 5.69 Å². The van der Waals surface area contributed by atoms with Crippen LogP contribution in [-0.4, -0.2) is 22.2 Å². The first-order chi connectivity index (χ1) is 10.3. The molecule has 0 unspecified atom stereocenters. The number of rotatable bonds is 7. The van der Waals surface area contributed by atoms with Gasteiger partial charge < -0.3 is 10.6 Å². The van der Waals surface area contributed by atoms with E-state index in [0.29, 0.717) is 9.86 Å². The number of hydrogen-bond donors (Lipinski definition) is 2. The summed E-state index contributed by atoms with van der Waals surface area (Å²) < 4.78 is 0.307. The highest BCUT2D eigenvalue weighted by Gasteiger charge is 2.09. The lowest BCUT2D eigenvalue weighted by Gasteiger charge is -2.18. The summed E-state index contributed by atoms with van der Waals surface area (Å²) in [5, 5.41) is 7.29. The van der Waals surface area contributed by atoms with Gasteiger partial charge in [-0.3, -0.25) is 0 Å². The van der Waals surface area contributed by atoms with Crippen LogP contribution in [0.1, 0.15) is 51.7 Å². The Balaban J connectivity index is 2.41. The molecule has 0 radical (unpaired) electrons. The summed E-state index contributed by atoms with van der Waals surface area (Å²) in [6.45, 7) is 12.0. The first-order valence-electron chi connectivity index (χ1n) is 8.10. The zero-order valence-corrected chi connectivity index (χ0v) is 16.2. The van der Waals surface area contributed by atoms with Gasteiger partial charge in [0, 0.05) is 22.7 Å². The third-order valence-corrected chi connectivity index (χ3v) is 4.80. The number of aryl methyl sites for hydroxylation is 2. The molecule has 1 aromatic rings. The molecule has 0 aliphatic heterocycles. The summed E-state index contributed by atoms with van der Waals surface area (Å²) in [4.78, 5) is 0. The second-order valence-corrected chi connectivity index (χ2v) is 8.92. The average Bonchev–Trinajstić information content (AvgIpc) is 2.43. The molecule has 0 heterocycles. The topological polar surface area (TPSA) is 24.1 Å². The van der Waals surface area contributed by atoms with Gasteiger partial charge in [-0.25, -0.2) is 0 Å². The molecule has 22 heavy (non-hydrogen) atoms. The maximum absolute atomic E-state index is 5.37. The van der Waals surface area contributed by atoms with E-state index in [4.69, 9.17) is 12.2 Å². The van der Waals surface area contributed by atoms with Crippen LogP contribution in [0.25, 0.3) is 0 Å². The molecule has 4 heteroatoms. The van der Waals surface area contributed by atoms with Crippen molar-refractivity contribution in [2.45, 2.75) is 58.6 Å². The molecule has 124 valence electrons. The third-order valence-electron chi connectivity index (χ3n) is 3.28. The summed E-state index contributed by atoms with van der Waals surface area (Å²) in [5.41, 5.74) is 3.76. The summed E-state index contributed by atoms with van der Waals surface area (Å²) >= 11 is 7.32. The lowest BCUT2D eigenvalue weighted by molar-refractivity contribution is 0.794. The van der Waals surface area contributed by atoms with Crippen molar-refractivity contribution < 1.29 is 0 Å². The largest absolute Gasteiger partial charge is 0.362 e. The SMILES string of the molecule is CCCCc1ccc(NC(=S)NCCSC(C)(C)C)c(C)c1. The number of anilines is 1. The smallest absolute Gasteiger partial charge is 0.170 e. The van der Waals surface area contributed by atoms with Crippen molar-refractivity contribution in [1.82, 2.24) is 5.32 Å². The zero-order chi connectivity index (χ0) is 16.6. The van der Waals surface area contributed by atoms with E-state index >= 15 is 0 Å². The number of benzene rings is 1. The van der Waals surface area contributed by atoms with Crippen LogP contribution in [-0.2, 0) is 6.42 Å². The first-order valence-corrected chi connectivity index (χ1v) is 9.49. The summed E-state index contributed by atoms with van der Waals surface area (Å²) in [6.07, 6.45) is 3.64. The number of nitrogens with one attached hydrogen (secondary N) is 2. The van der Waals surface area contributed by atoms with Gasteiger partial charge in [0.1, 0.15) is 0 Å². The van der Waals surface area contributed by atoms with E-state index in [0.717, 1.165) is 24.4 Å². The van der Waals surface area contributed by atoms with Gasteiger partial charge in [0.05, 0.1) is 0 Å². The Morgan fingerprint density at radius 2 is 2.00 bits per heavy atom. The molecule has 0 fully saturated rings. The Hall–Kier alpha value is -0.740. The van der Waals surface area contributed by atoms with Gasteiger partial charge in [-0.2, -0.15) is 11.8 Å². The van der Waals surface area contributed by atoms with Gasteiger partial charge in [-0.1, -0.05) is 46.2 Å². The predicted octanol–water partition coefficient (Wildman–Crippen LogP) is 5.16. The molecule has 2 nitrogen and oxygen atoms in total.